The molecule has 2 atom stereocenters. The van der Waals surface area contributed by atoms with Crippen molar-refractivity contribution in [1.29, 1.82) is 0 Å². The Balaban J connectivity index is 2.00. The van der Waals surface area contributed by atoms with Crippen LogP contribution >= 0.6 is 0 Å². The van der Waals surface area contributed by atoms with E-state index in [-0.39, 0.29) is 17.8 Å². The summed E-state index contributed by atoms with van der Waals surface area (Å²) in [7, 11) is 1.47. The molecule has 0 aliphatic heterocycles. The van der Waals surface area contributed by atoms with Crippen LogP contribution in [0.15, 0.2) is 58.7 Å². The van der Waals surface area contributed by atoms with E-state index in [0.717, 1.165) is 28.7 Å². The summed E-state index contributed by atoms with van der Waals surface area (Å²) < 4.78 is 2.45. The smallest absolute Gasteiger partial charge is 0.306 e. The Labute approximate surface area is 133 Å². The van der Waals surface area contributed by atoms with Crippen LogP contribution in [0.25, 0.3) is 0 Å². The van der Waals surface area contributed by atoms with Crippen molar-refractivity contribution in [3.05, 3.63) is 81.2 Å². The maximum absolute atomic E-state index is 12.2. The van der Waals surface area contributed by atoms with Gasteiger partial charge in [-0.3, -0.25) is 0 Å². The van der Waals surface area contributed by atoms with Crippen LogP contribution in [0.2, 0.25) is 0 Å². The highest BCUT2D eigenvalue weighted by Crippen LogP contribution is 2.32. The number of hydrogen-bond acceptors (Lipinski definition) is 3. The monoisotopic (exact) mass is 312 g/mol. The van der Waals surface area contributed by atoms with Crippen LogP contribution in [0.1, 0.15) is 29.6 Å². The van der Waals surface area contributed by atoms with Crippen molar-refractivity contribution in [2.75, 3.05) is 6.54 Å². The molecule has 0 bridgehead atoms. The third-order valence-electron chi connectivity index (χ3n) is 4.14. The SMILES string of the molecule is C=CCCN[C@H]1C=C[C@@H](n2[nH]c(=O)n(C)c2=O)c2ccccc21. The fourth-order valence-corrected chi connectivity index (χ4v) is 2.89. The van der Waals surface area contributed by atoms with Gasteiger partial charge < -0.3 is 5.32 Å². The molecule has 0 fully saturated rings. The third-order valence-corrected chi connectivity index (χ3v) is 4.14. The Hall–Kier alpha value is -2.60. The normalized spacial score (nSPS) is 19.5. The number of allylic oxidation sites excluding steroid dienone is 1. The van der Waals surface area contributed by atoms with Crippen LogP contribution in [0.5, 0.6) is 0 Å². The van der Waals surface area contributed by atoms with Gasteiger partial charge in [0.1, 0.15) is 0 Å². The minimum absolute atomic E-state index is 0.0912. The van der Waals surface area contributed by atoms with Crippen LogP contribution in [0.4, 0.5) is 0 Å². The molecule has 23 heavy (non-hydrogen) atoms. The van der Waals surface area contributed by atoms with Gasteiger partial charge in [0.2, 0.25) is 0 Å². The molecule has 6 heteroatoms. The van der Waals surface area contributed by atoms with E-state index in [4.69, 9.17) is 0 Å². The molecule has 0 saturated carbocycles. The van der Waals surface area contributed by atoms with E-state index in [2.05, 4.69) is 17.0 Å². The van der Waals surface area contributed by atoms with Crippen LogP contribution in [-0.2, 0) is 7.05 Å². The fraction of sp³-hybridized carbons (Fsp3) is 0.294. The van der Waals surface area contributed by atoms with Crippen molar-refractivity contribution >= 4 is 0 Å². The molecule has 0 radical (unpaired) electrons. The minimum atomic E-state index is -0.410. The molecule has 120 valence electrons. The van der Waals surface area contributed by atoms with Crippen molar-refractivity contribution in [2.24, 2.45) is 7.05 Å². The highest BCUT2D eigenvalue weighted by molar-refractivity contribution is 5.41. The zero-order valence-corrected chi connectivity index (χ0v) is 13.0. The lowest BCUT2D eigenvalue weighted by atomic mass is 9.89. The van der Waals surface area contributed by atoms with Gasteiger partial charge in [-0.2, -0.15) is 0 Å². The Bertz CT molecular complexity index is 856. The summed E-state index contributed by atoms with van der Waals surface area (Å²) in [6, 6.07) is 7.75. The van der Waals surface area contributed by atoms with Gasteiger partial charge in [-0.05, 0) is 24.1 Å². The van der Waals surface area contributed by atoms with Gasteiger partial charge in [0.25, 0.3) is 0 Å². The maximum Gasteiger partial charge on any atom is 0.347 e. The molecule has 1 aliphatic carbocycles. The number of fused-ring (bicyclic) bond motifs is 1. The summed E-state index contributed by atoms with van der Waals surface area (Å²) in [5, 5.41) is 6.08. The quantitative estimate of drug-likeness (QED) is 0.644. The zero-order chi connectivity index (χ0) is 16.4. The first-order valence-electron chi connectivity index (χ1n) is 7.62. The number of benzene rings is 1. The third kappa shape index (κ3) is 2.73. The summed E-state index contributed by atoms with van der Waals surface area (Å²) in [5.74, 6) is 0. The van der Waals surface area contributed by atoms with Crippen LogP contribution in [0, 0.1) is 0 Å². The second-order valence-corrected chi connectivity index (χ2v) is 5.60. The highest BCUT2D eigenvalue weighted by Gasteiger charge is 2.25. The predicted octanol–water partition coefficient (Wildman–Crippen LogP) is 1.24. The molecule has 0 unspecified atom stereocenters. The van der Waals surface area contributed by atoms with Crippen LogP contribution in [-0.4, -0.2) is 20.9 Å². The largest absolute Gasteiger partial charge is 0.347 e. The molecule has 1 heterocycles. The lowest BCUT2D eigenvalue weighted by Crippen LogP contribution is -2.31. The molecule has 2 N–H and O–H groups in total. The lowest BCUT2D eigenvalue weighted by Gasteiger charge is -2.27. The van der Waals surface area contributed by atoms with E-state index in [0.29, 0.717) is 0 Å². The van der Waals surface area contributed by atoms with Crippen LogP contribution in [0.3, 0.4) is 0 Å². The molecule has 0 spiro atoms. The zero-order valence-electron chi connectivity index (χ0n) is 13.0. The van der Waals surface area contributed by atoms with Gasteiger partial charge in [0.05, 0.1) is 12.1 Å². The summed E-state index contributed by atoms with van der Waals surface area (Å²) >= 11 is 0. The number of H-pyrrole nitrogens is 1. The van der Waals surface area contributed by atoms with Crippen molar-refractivity contribution < 1.29 is 0 Å². The topological polar surface area (TPSA) is 71.8 Å². The van der Waals surface area contributed by atoms with Gasteiger partial charge in [-0.15, -0.1) is 6.58 Å². The molecule has 1 aromatic carbocycles. The number of aromatic amines is 1. The molecule has 2 aromatic rings. The molecular formula is C17H20N4O2. The Morgan fingerprint density at radius 3 is 2.65 bits per heavy atom. The summed E-state index contributed by atoms with van der Waals surface area (Å²) in [6.45, 7) is 4.56. The molecule has 0 saturated heterocycles. The van der Waals surface area contributed by atoms with E-state index in [1.54, 1.807) is 0 Å². The van der Waals surface area contributed by atoms with Crippen molar-refractivity contribution in [1.82, 2.24) is 19.7 Å². The summed E-state index contributed by atoms with van der Waals surface area (Å²) in [5.41, 5.74) is 1.36. The molecule has 3 rings (SSSR count). The average Bonchev–Trinajstić information content (AvgIpc) is 2.82. The lowest BCUT2D eigenvalue weighted by molar-refractivity contribution is 0.538. The summed E-state index contributed by atoms with van der Waals surface area (Å²) in [4.78, 5) is 23.9. The number of aromatic nitrogens is 3. The van der Waals surface area contributed by atoms with Gasteiger partial charge >= 0.3 is 11.4 Å². The Kier molecular flexibility index (Phi) is 4.16. The van der Waals surface area contributed by atoms with Crippen molar-refractivity contribution in [3.63, 3.8) is 0 Å². The number of nitrogens with one attached hydrogen (secondary N) is 2. The standard InChI is InChI=1S/C17H20N4O2/c1-3-4-11-18-14-9-10-15(13-8-6-5-7-12(13)14)21-17(23)20(2)16(22)19-21/h3,5-10,14-15,18H,1,4,11H2,2H3,(H,19,22)/t14-,15+/m0/s1. The first-order chi connectivity index (χ1) is 11.1. The first kappa shape index (κ1) is 15.3. The van der Waals surface area contributed by atoms with E-state index in [9.17, 15) is 9.59 Å². The number of nitrogens with zero attached hydrogens (tertiary/aromatic N) is 2. The Morgan fingerprint density at radius 2 is 2.00 bits per heavy atom. The molecular weight excluding hydrogens is 292 g/mol. The second kappa shape index (κ2) is 6.26. The highest BCUT2D eigenvalue weighted by atomic mass is 16.2. The van der Waals surface area contributed by atoms with Gasteiger partial charge in [-0.25, -0.2) is 23.9 Å². The van der Waals surface area contributed by atoms with E-state index >= 15 is 0 Å². The molecule has 1 aromatic heterocycles. The van der Waals surface area contributed by atoms with Crippen molar-refractivity contribution in [3.8, 4) is 0 Å². The Morgan fingerprint density at radius 1 is 1.26 bits per heavy atom. The molecule has 6 nitrogen and oxygen atoms in total. The molecule has 0 amide bonds. The van der Waals surface area contributed by atoms with E-state index in [1.165, 1.54) is 11.7 Å². The average molecular weight is 312 g/mol. The van der Waals surface area contributed by atoms with Crippen molar-refractivity contribution in [2.45, 2.75) is 18.5 Å². The van der Waals surface area contributed by atoms with E-state index < -0.39 is 5.69 Å². The molecule has 1 aliphatic rings. The second-order valence-electron chi connectivity index (χ2n) is 5.60. The number of rotatable bonds is 5. The minimum Gasteiger partial charge on any atom is -0.306 e. The number of hydrogen-bond donors (Lipinski definition) is 2. The van der Waals surface area contributed by atoms with Gasteiger partial charge in [-0.1, -0.05) is 42.5 Å². The maximum atomic E-state index is 12.2. The van der Waals surface area contributed by atoms with Crippen LogP contribution < -0.4 is 16.7 Å². The van der Waals surface area contributed by atoms with Gasteiger partial charge in [0.15, 0.2) is 0 Å². The fourth-order valence-electron chi connectivity index (χ4n) is 2.89. The van der Waals surface area contributed by atoms with Gasteiger partial charge in [0, 0.05) is 7.05 Å². The van der Waals surface area contributed by atoms with E-state index in [1.807, 2.05) is 42.5 Å². The first-order valence-corrected chi connectivity index (χ1v) is 7.62. The summed E-state index contributed by atoms with van der Waals surface area (Å²) in [6.07, 6.45) is 6.75. The predicted molar refractivity (Wildman–Crippen MR) is 89.6 cm³/mol.